The number of ether oxygens (including phenoxy) is 3. The summed E-state index contributed by atoms with van der Waals surface area (Å²) in [6, 6.07) is 17.6. The number of aliphatic carboxylic acids is 1. The molecule has 13 heteroatoms. The van der Waals surface area contributed by atoms with Crippen LogP contribution in [0.3, 0.4) is 0 Å². The lowest BCUT2D eigenvalue weighted by Gasteiger charge is -2.24. The number of carboxylic acid groups (broad SMARTS) is 1. The molecule has 2 heterocycles. The van der Waals surface area contributed by atoms with Gasteiger partial charge in [-0.15, -0.1) is 0 Å². The summed E-state index contributed by atoms with van der Waals surface area (Å²) >= 11 is 13.8. The van der Waals surface area contributed by atoms with Crippen LogP contribution in [0.25, 0.3) is 22.4 Å². The minimum atomic E-state index is -1.55. The Morgan fingerprint density at radius 1 is 0.922 bits per heavy atom. The molecule has 0 aliphatic heterocycles. The van der Waals surface area contributed by atoms with E-state index in [1.165, 1.54) is 14.0 Å². The van der Waals surface area contributed by atoms with Crippen molar-refractivity contribution in [3.8, 4) is 40.0 Å². The molecule has 2 aromatic carbocycles. The molecule has 1 fully saturated rings. The van der Waals surface area contributed by atoms with Gasteiger partial charge in [-0.25, -0.2) is 4.98 Å². The number of nitrogens with zero attached hydrogens (tertiary/aromatic N) is 2. The van der Waals surface area contributed by atoms with Crippen LogP contribution in [-0.4, -0.2) is 69.8 Å². The highest BCUT2D eigenvalue weighted by Gasteiger charge is 2.33. The molecule has 2 aliphatic carbocycles. The molecule has 4 aromatic rings. The van der Waals surface area contributed by atoms with E-state index in [1.54, 1.807) is 13.2 Å². The second-order valence-corrected chi connectivity index (χ2v) is 13.9. The first-order chi connectivity index (χ1) is 24.6. The number of aromatic nitrogens is 2. The minimum Gasteiger partial charge on any atom is -0.481 e. The number of aliphatic hydroxyl groups excluding tert-OH is 2. The third-order valence-corrected chi connectivity index (χ3v) is 10.5. The second-order valence-electron chi connectivity index (χ2n) is 13.1. The lowest BCUT2D eigenvalue weighted by atomic mass is 9.94. The first kappa shape index (κ1) is 36.8. The fourth-order valence-electron chi connectivity index (χ4n) is 6.78. The zero-order chi connectivity index (χ0) is 36.3. The van der Waals surface area contributed by atoms with Crippen molar-refractivity contribution in [3.63, 3.8) is 0 Å². The van der Waals surface area contributed by atoms with Gasteiger partial charge in [0.15, 0.2) is 0 Å². The number of aliphatic hydroxyl groups is 2. The van der Waals surface area contributed by atoms with E-state index in [-0.39, 0.29) is 41.6 Å². The Labute approximate surface area is 306 Å². The number of fused-ring (bicyclic) bond motifs is 1. The van der Waals surface area contributed by atoms with Gasteiger partial charge in [0.1, 0.15) is 16.7 Å². The quantitative estimate of drug-likeness (QED) is 0.102. The fourth-order valence-corrected chi connectivity index (χ4v) is 7.33. The van der Waals surface area contributed by atoms with E-state index >= 15 is 0 Å². The largest absolute Gasteiger partial charge is 0.481 e. The summed E-state index contributed by atoms with van der Waals surface area (Å²) in [6.45, 7) is 1.37. The number of carboxylic acids is 1. The monoisotopic (exact) mass is 736 g/mol. The van der Waals surface area contributed by atoms with Crippen molar-refractivity contribution in [2.24, 2.45) is 0 Å². The molecule has 0 unspecified atom stereocenters. The van der Waals surface area contributed by atoms with Crippen LogP contribution in [0.4, 0.5) is 0 Å². The number of halogens is 2. The summed E-state index contributed by atoms with van der Waals surface area (Å²) in [5, 5.41) is 36.4. The van der Waals surface area contributed by atoms with Gasteiger partial charge in [-0.1, -0.05) is 65.7 Å². The molecular weight excluding hydrogens is 695 g/mol. The van der Waals surface area contributed by atoms with Crippen LogP contribution in [0.15, 0.2) is 54.6 Å². The van der Waals surface area contributed by atoms with Crippen molar-refractivity contribution in [1.82, 2.24) is 20.6 Å². The summed E-state index contributed by atoms with van der Waals surface area (Å²) in [5.41, 5.74) is 5.33. The second kappa shape index (κ2) is 15.7. The first-order valence-corrected chi connectivity index (χ1v) is 17.7. The molecule has 1 saturated carbocycles. The lowest BCUT2D eigenvalue weighted by molar-refractivity contribution is -0.145. The highest BCUT2D eigenvalue weighted by atomic mass is 35.5. The Morgan fingerprint density at radius 2 is 1.65 bits per heavy atom. The van der Waals surface area contributed by atoms with Crippen LogP contribution < -0.4 is 24.8 Å². The summed E-state index contributed by atoms with van der Waals surface area (Å²) in [6.07, 6.45) is 3.54. The van der Waals surface area contributed by atoms with Gasteiger partial charge in [-0.05, 0) is 67.9 Å². The standard InChI is InChI=1S/C38H42Cl2N4O7/c1-38(20-45,37(47)48)42-19-22-17-28(39)36(44-35(22)50-3)51-32-16-14-24-23(7-4-8-25(24)32)26-9-5-10-27(33(26)40)29-15-13-21(34(43-29)49-2)18-41-30-11-6-12-31(30)46/h4-5,7-10,13,15,17,30-32,41-42,45-46H,6,11-12,14,16,18-20H2,1-3H3,(H,47,48)/t30-,31+,32+,38+/m1/s1. The van der Waals surface area contributed by atoms with Crippen LogP contribution >= 0.6 is 23.2 Å². The molecule has 4 atom stereocenters. The molecule has 0 amide bonds. The maximum Gasteiger partial charge on any atom is 0.326 e. The van der Waals surface area contributed by atoms with Crippen LogP contribution in [0.1, 0.15) is 61.0 Å². The molecule has 51 heavy (non-hydrogen) atoms. The fraction of sp³-hybridized carbons (Fsp3) is 0.395. The Bertz CT molecular complexity index is 1910. The maximum atomic E-state index is 11.6. The number of hydrogen-bond acceptors (Lipinski definition) is 10. The van der Waals surface area contributed by atoms with Gasteiger partial charge in [0.25, 0.3) is 0 Å². The molecule has 2 aromatic heterocycles. The Kier molecular flexibility index (Phi) is 11.4. The van der Waals surface area contributed by atoms with E-state index in [0.717, 1.165) is 59.1 Å². The molecule has 11 nitrogen and oxygen atoms in total. The number of benzene rings is 2. The van der Waals surface area contributed by atoms with Gasteiger partial charge in [0.2, 0.25) is 17.6 Å². The molecular formula is C38H42Cl2N4O7. The molecule has 0 saturated heterocycles. The van der Waals surface area contributed by atoms with E-state index < -0.39 is 18.1 Å². The van der Waals surface area contributed by atoms with Gasteiger partial charge in [-0.3, -0.25) is 10.1 Å². The number of pyridine rings is 2. The Hall–Kier alpha value is -3.97. The summed E-state index contributed by atoms with van der Waals surface area (Å²) < 4.78 is 17.5. The van der Waals surface area contributed by atoms with Crippen molar-refractivity contribution in [2.75, 3.05) is 20.8 Å². The smallest absolute Gasteiger partial charge is 0.326 e. The van der Waals surface area contributed by atoms with Crippen molar-refractivity contribution in [1.29, 1.82) is 0 Å². The number of carbonyl (C=O) groups is 1. The van der Waals surface area contributed by atoms with Gasteiger partial charge in [0.05, 0.1) is 37.6 Å². The van der Waals surface area contributed by atoms with Gasteiger partial charge in [0, 0.05) is 41.4 Å². The molecule has 2 aliphatic rings. The lowest BCUT2D eigenvalue weighted by Crippen LogP contribution is -2.52. The maximum absolute atomic E-state index is 11.6. The summed E-state index contributed by atoms with van der Waals surface area (Å²) in [5.74, 6) is -0.259. The molecule has 0 bridgehead atoms. The number of rotatable bonds is 14. The van der Waals surface area contributed by atoms with Crippen molar-refractivity contribution < 1.29 is 34.3 Å². The third-order valence-electron chi connectivity index (χ3n) is 9.83. The van der Waals surface area contributed by atoms with E-state index in [9.17, 15) is 20.1 Å². The van der Waals surface area contributed by atoms with Crippen molar-refractivity contribution >= 4 is 29.2 Å². The van der Waals surface area contributed by atoms with Crippen LogP contribution in [0, 0.1) is 0 Å². The molecule has 0 radical (unpaired) electrons. The van der Waals surface area contributed by atoms with Crippen molar-refractivity contribution in [3.05, 3.63) is 86.9 Å². The molecule has 5 N–H and O–H groups in total. The summed E-state index contributed by atoms with van der Waals surface area (Å²) in [4.78, 5) is 20.9. The first-order valence-electron chi connectivity index (χ1n) is 16.9. The highest BCUT2D eigenvalue weighted by molar-refractivity contribution is 6.36. The van der Waals surface area contributed by atoms with Crippen LogP contribution in [0.2, 0.25) is 10.0 Å². The predicted molar refractivity (Wildman–Crippen MR) is 195 cm³/mol. The molecule has 0 spiro atoms. The van der Waals surface area contributed by atoms with Crippen LogP contribution in [0.5, 0.6) is 17.6 Å². The van der Waals surface area contributed by atoms with E-state index in [2.05, 4.69) is 21.7 Å². The van der Waals surface area contributed by atoms with Gasteiger partial charge < -0.3 is 34.8 Å². The van der Waals surface area contributed by atoms with E-state index in [0.29, 0.717) is 35.1 Å². The average molecular weight is 738 g/mol. The summed E-state index contributed by atoms with van der Waals surface area (Å²) in [7, 11) is 3.06. The zero-order valence-corrected chi connectivity index (χ0v) is 30.2. The van der Waals surface area contributed by atoms with Gasteiger partial charge >= 0.3 is 5.97 Å². The molecule has 6 rings (SSSR count). The number of hydrogen-bond donors (Lipinski definition) is 5. The Morgan fingerprint density at radius 3 is 2.35 bits per heavy atom. The van der Waals surface area contributed by atoms with Crippen molar-refractivity contribution in [2.45, 2.75) is 75.9 Å². The zero-order valence-electron chi connectivity index (χ0n) is 28.7. The van der Waals surface area contributed by atoms with Gasteiger partial charge in [-0.2, -0.15) is 4.98 Å². The number of methoxy groups -OCH3 is 2. The average Bonchev–Trinajstić information content (AvgIpc) is 3.75. The van der Waals surface area contributed by atoms with E-state index in [4.69, 9.17) is 42.4 Å². The normalized spacial score (nSPS) is 19.4. The molecule has 270 valence electrons. The highest BCUT2D eigenvalue weighted by Crippen LogP contribution is 2.44. The number of nitrogens with one attached hydrogen (secondary N) is 2. The SMILES string of the molecule is COc1nc(-c2cccc(-c3cccc4c3CC[C@@H]4Oc3nc(OC)c(CN[C@@](C)(CO)C(=O)O)cc3Cl)c2Cl)ccc1CN[C@@H]1CCC[C@@H]1O. The third kappa shape index (κ3) is 7.65. The minimum absolute atomic E-state index is 0.0457. The van der Waals surface area contributed by atoms with Crippen LogP contribution in [-0.2, 0) is 24.3 Å². The Balaban J connectivity index is 1.23. The topological polar surface area (TPSA) is 155 Å². The predicted octanol–water partition coefficient (Wildman–Crippen LogP) is 6.13. The van der Waals surface area contributed by atoms with E-state index in [1.807, 2.05) is 42.5 Å².